The molecule has 0 aliphatic carbocycles. The Morgan fingerprint density at radius 1 is 0.941 bits per heavy atom. The summed E-state index contributed by atoms with van der Waals surface area (Å²) in [5, 5.41) is 10.2. The Balaban J connectivity index is 2.23. The Bertz CT molecular complexity index is 465. The molecule has 1 aromatic heterocycles. The third-order valence-corrected chi connectivity index (χ3v) is 2.75. The molecule has 88 valence electrons. The molecule has 0 spiro atoms. The van der Waals surface area contributed by atoms with Gasteiger partial charge in [0.1, 0.15) is 6.10 Å². The van der Waals surface area contributed by atoms with Gasteiger partial charge in [-0.2, -0.15) is 0 Å². The Morgan fingerprint density at radius 2 is 1.47 bits per heavy atom. The summed E-state index contributed by atoms with van der Waals surface area (Å²) in [5.41, 5.74) is 2.87. The molecule has 1 atom stereocenters. The summed E-state index contributed by atoms with van der Waals surface area (Å²) in [6.45, 7) is 0. The number of nitrogens with zero attached hydrogens (tertiary/aromatic N) is 2. The molecule has 0 saturated carbocycles. The average molecular weight is 228 g/mol. The molecule has 2 aromatic rings. The third kappa shape index (κ3) is 2.63. The molecule has 1 N–H and O–H groups in total. The number of aliphatic hydroxyl groups excluding tert-OH is 1. The molecular weight excluding hydrogens is 212 g/mol. The molecule has 1 unspecified atom stereocenters. The van der Waals surface area contributed by atoms with Gasteiger partial charge in [0.15, 0.2) is 0 Å². The summed E-state index contributed by atoms with van der Waals surface area (Å²) < 4.78 is 0. The minimum Gasteiger partial charge on any atom is -0.384 e. The van der Waals surface area contributed by atoms with Crippen LogP contribution in [-0.2, 0) is 0 Å². The summed E-state index contributed by atoms with van der Waals surface area (Å²) >= 11 is 0. The van der Waals surface area contributed by atoms with Crippen molar-refractivity contribution >= 4 is 5.69 Å². The summed E-state index contributed by atoms with van der Waals surface area (Å²) in [6, 6.07) is 11.5. The van der Waals surface area contributed by atoms with Gasteiger partial charge in [-0.1, -0.05) is 12.1 Å². The van der Waals surface area contributed by atoms with Gasteiger partial charge < -0.3 is 10.0 Å². The van der Waals surface area contributed by atoms with Gasteiger partial charge in [0.05, 0.1) is 0 Å². The van der Waals surface area contributed by atoms with E-state index in [1.165, 1.54) is 0 Å². The quantitative estimate of drug-likeness (QED) is 0.875. The third-order valence-electron chi connectivity index (χ3n) is 2.75. The maximum absolute atomic E-state index is 10.2. The van der Waals surface area contributed by atoms with Crippen molar-refractivity contribution in [1.29, 1.82) is 0 Å². The second-order valence-electron chi connectivity index (χ2n) is 4.17. The minimum absolute atomic E-state index is 0.589. The molecule has 2 rings (SSSR count). The van der Waals surface area contributed by atoms with Crippen LogP contribution in [0.2, 0.25) is 0 Å². The Labute approximate surface area is 101 Å². The zero-order chi connectivity index (χ0) is 12.3. The van der Waals surface area contributed by atoms with Crippen molar-refractivity contribution in [3.63, 3.8) is 0 Å². The highest BCUT2D eigenvalue weighted by molar-refractivity contribution is 5.47. The van der Waals surface area contributed by atoms with Crippen molar-refractivity contribution in [2.45, 2.75) is 6.10 Å². The van der Waals surface area contributed by atoms with E-state index in [1.54, 1.807) is 12.4 Å². The number of hydrogen-bond acceptors (Lipinski definition) is 3. The van der Waals surface area contributed by atoms with Gasteiger partial charge >= 0.3 is 0 Å². The van der Waals surface area contributed by atoms with E-state index in [-0.39, 0.29) is 0 Å². The summed E-state index contributed by atoms with van der Waals surface area (Å²) in [4.78, 5) is 5.97. The fourth-order valence-corrected chi connectivity index (χ4v) is 1.69. The molecule has 0 aliphatic rings. The van der Waals surface area contributed by atoms with Gasteiger partial charge in [-0.05, 0) is 35.4 Å². The number of pyridine rings is 1. The lowest BCUT2D eigenvalue weighted by molar-refractivity contribution is 0.220. The van der Waals surface area contributed by atoms with Gasteiger partial charge in [-0.3, -0.25) is 4.98 Å². The van der Waals surface area contributed by atoms with E-state index in [1.807, 2.05) is 55.4 Å². The van der Waals surface area contributed by atoms with Crippen molar-refractivity contribution < 1.29 is 5.11 Å². The molecule has 1 heterocycles. The normalized spacial score (nSPS) is 12.2. The second kappa shape index (κ2) is 4.97. The van der Waals surface area contributed by atoms with Crippen molar-refractivity contribution in [1.82, 2.24) is 4.98 Å². The SMILES string of the molecule is CN(C)c1ccc(C(O)c2ccncc2)cc1. The predicted molar refractivity (Wildman–Crippen MR) is 69.1 cm³/mol. The Hall–Kier alpha value is -1.87. The van der Waals surface area contributed by atoms with E-state index in [2.05, 4.69) is 4.98 Å². The molecule has 0 saturated heterocycles. The first-order chi connectivity index (χ1) is 8.18. The van der Waals surface area contributed by atoms with Crippen LogP contribution in [0.15, 0.2) is 48.8 Å². The van der Waals surface area contributed by atoms with Crippen LogP contribution < -0.4 is 4.90 Å². The van der Waals surface area contributed by atoms with Crippen LogP contribution in [0.4, 0.5) is 5.69 Å². The van der Waals surface area contributed by atoms with Crippen molar-refractivity contribution in [3.8, 4) is 0 Å². The minimum atomic E-state index is -0.589. The highest BCUT2D eigenvalue weighted by Gasteiger charge is 2.09. The predicted octanol–water partition coefficient (Wildman–Crippen LogP) is 2.23. The summed E-state index contributed by atoms with van der Waals surface area (Å²) in [6.07, 6.45) is 2.79. The van der Waals surface area contributed by atoms with E-state index < -0.39 is 6.10 Å². The number of hydrogen-bond donors (Lipinski definition) is 1. The monoisotopic (exact) mass is 228 g/mol. The highest BCUT2D eigenvalue weighted by atomic mass is 16.3. The van der Waals surface area contributed by atoms with Gasteiger partial charge in [0, 0.05) is 32.2 Å². The number of aromatic nitrogens is 1. The van der Waals surface area contributed by atoms with Crippen LogP contribution >= 0.6 is 0 Å². The van der Waals surface area contributed by atoms with Crippen LogP contribution in [0.5, 0.6) is 0 Å². The molecule has 0 aliphatic heterocycles. The molecular formula is C14H16N2O. The van der Waals surface area contributed by atoms with Gasteiger partial charge in [-0.25, -0.2) is 0 Å². The van der Waals surface area contributed by atoms with E-state index in [4.69, 9.17) is 0 Å². The number of aliphatic hydroxyl groups is 1. The first-order valence-corrected chi connectivity index (χ1v) is 5.54. The van der Waals surface area contributed by atoms with Crippen LogP contribution in [-0.4, -0.2) is 24.2 Å². The first kappa shape index (κ1) is 11.6. The van der Waals surface area contributed by atoms with Crippen LogP contribution in [0, 0.1) is 0 Å². The van der Waals surface area contributed by atoms with E-state index in [0.717, 1.165) is 16.8 Å². The van der Waals surface area contributed by atoms with E-state index in [9.17, 15) is 5.11 Å². The smallest absolute Gasteiger partial charge is 0.104 e. The molecule has 0 fully saturated rings. The number of anilines is 1. The van der Waals surface area contributed by atoms with Gasteiger partial charge in [0.2, 0.25) is 0 Å². The van der Waals surface area contributed by atoms with Crippen LogP contribution in [0.25, 0.3) is 0 Å². The van der Waals surface area contributed by atoms with Crippen LogP contribution in [0.1, 0.15) is 17.2 Å². The highest BCUT2D eigenvalue weighted by Crippen LogP contribution is 2.23. The fraction of sp³-hybridized carbons (Fsp3) is 0.214. The van der Waals surface area contributed by atoms with Gasteiger partial charge in [-0.15, -0.1) is 0 Å². The topological polar surface area (TPSA) is 36.4 Å². The first-order valence-electron chi connectivity index (χ1n) is 5.54. The lowest BCUT2D eigenvalue weighted by Crippen LogP contribution is -2.08. The molecule has 3 nitrogen and oxygen atoms in total. The number of benzene rings is 1. The largest absolute Gasteiger partial charge is 0.384 e. The Kier molecular flexibility index (Phi) is 3.40. The Morgan fingerprint density at radius 3 is 2.00 bits per heavy atom. The zero-order valence-electron chi connectivity index (χ0n) is 10.0. The number of rotatable bonds is 3. The van der Waals surface area contributed by atoms with Gasteiger partial charge in [0.25, 0.3) is 0 Å². The van der Waals surface area contributed by atoms with Crippen molar-refractivity contribution in [2.75, 3.05) is 19.0 Å². The maximum Gasteiger partial charge on any atom is 0.104 e. The lowest BCUT2D eigenvalue weighted by Gasteiger charge is -2.15. The van der Waals surface area contributed by atoms with E-state index >= 15 is 0 Å². The maximum atomic E-state index is 10.2. The van der Waals surface area contributed by atoms with Crippen molar-refractivity contribution in [3.05, 3.63) is 59.9 Å². The van der Waals surface area contributed by atoms with Crippen LogP contribution in [0.3, 0.4) is 0 Å². The molecule has 0 radical (unpaired) electrons. The summed E-state index contributed by atoms with van der Waals surface area (Å²) in [5.74, 6) is 0. The lowest BCUT2D eigenvalue weighted by atomic mass is 10.0. The second-order valence-corrected chi connectivity index (χ2v) is 4.17. The molecule has 0 amide bonds. The van der Waals surface area contributed by atoms with Crippen molar-refractivity contribution in [2.24, 2.45) is 0 Å². The van der Waals surface area contributed by atoms with E-state index in [0.29, 0.717) is 0 Å². The average Bonchev–Trinajstić information content (AvgIpc) is 2.39. The molecule has 0 bridgehead atoms. The summed E-state index contributed by atoms with van der Waals surface area (Å²) in [7, 11) is 3.99. The zero-order valence-corrected chi connectivity index (χ0v) is 10.0. The molecule has 1 aromatic carbocycles. The fourth-order valence-electron chi connectivity index (χ4n) is 1.69. The molecule has 17 heavy (non-hydrogen) atoms. The standard InChI is InChI=1S/C14H16N2O/c1-16(2)13-5-3-11(4-6-13)14(17)12-7-9-15-10-8-12/h3-10,14,17H,1-2H3. The molecule has 3 heteroatoms.